The van der Waals surface area contributed by atoms with E-state index >= 15 is 0 Å². The van der Waals surface area contributed by atoms with E-state index in [0.29, 0.717) is 5.56 Å². The Bertz CT molecular complexity index is 598. The van der Waals surface area contributed by atoms with E-state index < -0.39 is 0 Å². The molecule has 0 aliphatic rings. The second-order valence-corrected chi connectivity index (χ2v) is 6.07. The summed E-state index contributed by atoms with van der Waals surface area (Å²) < 4.78 is 1.79. The van der Waals surface area contributed by atoms with Gasteiger partial charge in [0.15, 0.2) is 5.78 Å². The Morgan fingerprint density at radius 1 is 1.00 bits per heavy atom. The van der Waals surface area contributed by atoms with E-state index in [1.54, 1.807) is 0 Å². The Balaban J connectivity index is 2.51. The van der Waals surface area contributed by atoms with Crippen LogP contribution in [0.3, 0.4) is 0 Å². The number of halogens is 2. The number of rotatable bonds is 2. The van der Waals surface area contributed by atoms with Gasteiger partial charge in [-0.25, -0.2) is 0 Å². The smallest absolute Gasteiger partial charge is 0.193 e. The Morgan fingerprint density at radius 2 is 1.61 bits per heavy atom. The van der Waals surface area contributed by atoms with E-state index in [0.717, 1.165) is 25.6 Å². The molecule has 0 atom stereocenters. The topological polar surface area (TPSA) is 17.1 Å². The van der Waals surface area contributed by atoms with Crippen molar-refractivity contribution in [1.29, 1.82) is 0 Å². The lowest BCUT2D eigenvalue weighted by atomic mass is 9.96. The fourth-order valence-electron chi connectivity index (χ4n) is 1.84. The highest BCUT2D eigenvalue weighted by Crippen LogP contribution is 2.23. The highest BCUT2D eigenvalue weighted by molar-refractivity contribution is 9.11. The first kappa shape index (κ1) is 13.5. The van der Waals surface area contributed by atoms with Gasteiger partial charge in [0.1, 0.15) is 0 Å². The molecule has 1 nitrogen and oxygen atoms in total. The van der Waals surface area contributed by atoms with Crippen molar-refractivity contribution in [2.24, 2.45) is 0 Å². The Morgan fingerprint density at radius 3 is 2.22 bits per heavy atom. The zero-order chi connectivity index (χ0) is 13.3. The van der Waals surface area contributed by atoms with Gasteiger partial charge in [-0.2, -0.15) is 0 Å². The van der Waals surface area contributed by atoms with Crippen LogP contribution in [-0.2, 0) is 0 Å². The van der Waals surface area contributed by atoms with Crippen LogP contribution in [0.2, 0.25) is 0 Å². The average molecular weight is 368 g/mol. The highest BCUT2D eigenvalue weighted by atomic mass is 79.9. The molecule has 0 bridgehead atoms. The van der Waals surface area contributed by atoms with Crippen LogP contribution in [0, 0.1) is 13.8 Å². The molecule has 0 saturated heterocycles. The van der Waals surface area contributed by atoms with E-state index in [9.17, 15) is 4.79 Å². The molecule has 0 saturated carbocycles. The SMILES string of the molecule is Cc1cccc(C(=O)c2cc(Br)cc(Br)c2)c1C. The average Bonchev–Trinajstić information content (AvgIpc) is 2.30. The van der Waals surface area contributed by atoms with E-state index in [2.05, 4.69) is 31.9 Å². The Kier molecular flexibility index (Phi) is 4.03. The van der Waals surface area contributed by atoms with Gasteiger partial charge in [-0.1, -0.05) is 50.1 Å². The molecular formula is C15H12Br2O. The molecule has 0 N–H and O–H groups in total. The molecule has 0 radical (unpaired) electrons. The van der Waals surface area contributed by atoms with Crippen molar-refractivity contribution in [1.82, 2.24) is 0 Å². The normalized spacial score (nSPS) is 10.4. The molecule has 0 amide bonds. The molecule has 0 unspecified atom stereocenters. The lowest BCUT2D eigenvalue weighted by molar-refractivity contribution is 0.103. The van der Waals surface area contributed by atoms with Crippen LogP contribution in [-0.4, -0.2) is 5.78 Å². The minimum absolute atomic E-state index is 0.0539. The second kappa shape index (κ2) is 5.37. The van der Waals surface area contributed by atoms with Crippen molar-refractivity contribution in [2.45, 2.75) is 13.8 Å². The van der Waals surface area contributed by atoms with Crippen LogP contribution in [0.1, 0.15) is 27.0 Å². The van der Waals surface area contributed by atoms with E-state index in [1.165, 1.54) is 0 Å². The number of hydrogen-bond acceptors (Lipinski definition) is 1. The van der Waals surface area contributed by atoms with E-state index in [-0.39, 0.29) is 5.78 Å². The molecule has 92 valence electrons. The lowest BCUT2D eigenvalue weighted by Gasteiger charge is -2.08. The van der Waals surface area contributed by atoms with E-state index in [1.807, 2.05) is 50.2 Å². The molecule has 2 aromatic carbocycles. The summed E-state index contributed by atoms with van der Waals surface area (Å²) >= 11 is 6.81. The molecule has 3 heteroatoms. The van der Waals surface area contributed by atoms with Gasteiger partial charge in [0.05, 0.1) is 0 Å². The molecule has 0 heterocycles. The van der Waals surface area contributed by atoms with Crippen LogP contribution < -0.4 is 0 Å². The molecule has 0 aliphatic heterocycles. The molecule has 2 rings (SSSR count). The molecule has 0 aromatic heterocycles. The van der Waals surface area contributed by atoms with Crippen molar-refractivity contribution < 1.29 is 4.79 Å². The maximum Gasteiger partial charge on any atom is 0.193 e. The maximum atomic E-state index is 12.5. The van der Waals surface area contributed by atoms with Crippen LogP contribution in [0.15, 0.2) is 45.3 Å². The van der Waals surface area contributed by atoms with E-state index in [4.69, 9.17) is 0 Å². The van der Waals surface area contributed by atoms with Gasteiger partial charge in [0.25, 0.3) is 0 Å². The molecule has 0 spiro atoms. The Labute approximate surface area is 123 Å². The first-order valence-corrected chi connectivity index (χ1v) is 7.14. The first-order valence-electron chi connectivity index (χ1n) is 5.56. The standard InChI is InChI=1S/C15H12Br2O/c1-9-4-3-5-14(10(9)2)15(18)11-6-12(16)8-13(17)7-11/h3-8H,1-2H3. The zero-order valence-corrected chi connectivity index (χ0v) is 13.3. The maximum absolute atomic E-state index is 12.5. The van der Waals surface area contributed by atoms with Gasteiger partial charge in [0.2, 0.25) is 0 Å². The minimum atomic E-state index is 0.0539. The number of benzene rings is 2. The molecular weight excluding hydrogens is 356 g/mol. The predicted octanol–water partition coefficient (Wildman–Crippen LogP) is 5.06. The molecule has 0 fully saturated rings. The van der Waals surface area contributed by atoms with Crippen molar-refractivity contribution in [3.63, 3.8) is 0 Å². The number of carbonyl (C=O) groups excluding carboxylic acids is 1. The van der Waals surface area contributed by atoms with Gasteiger partial charge < -0.3 is 0 Å². The zero-order valence-electron chi connectivity index (χ0n) is 10.1. The van der Waals surface area contributed by atoms with Gasteiger partial charge >= 0.3 is 0 Å². The fraction of sp³-hybridized carbons (Fsp3) is 0.133. The number of hydrogen-bond donors (Lipinski definition) is 0. The van der Waals surface area contributed by atoms with Crippen LogP contribution in [0.4, 0.5) is 0 Å². The summed E-state index contributed by atoms with van der Waals surface area (Å²) in [6, 6.07) is 11.4. The van der Waals surface area contributed by atoms with Crippen LogP contribution in [0.5, 0.6) is 0 Å². The van der Waals surface area contributed by atoms with Crippen molar-refractivity contribution >= 4 is 37.6 Å². The fourth-order valence-corrected chi connectivity index (χ4v) is 3.13. The highest BCUT2D eigenvalue weighted by Gasteiger charge is 2.13. The van der Waals surface area contributed by atoms with Crippen LogP contribution >= 0.6 is 31.9 Å². The summed E-state index contributed by atoms with van der Waals surface area (Å²) in [5.74, 6) is 0.0539. The lowest BCUT2D eigenvalue weighted by Crippen LogP contribution is -2.04. The number of ketones is 1. The number of carbonyl (C=O) groups is 1. The van der Waals surface area contributed by atoms with Crippen LogP contribution in [0.25, 0.3) is 0 Å². The summed E-state index contributed by atoms with van der Waals surface area (Å²) in [6.45, 7) is 4.00. The molecule has 2 aromatic rings. The van der Waals surface area contributed by atoms with Crippen molar-refractivity contribution in [3.05, 3.63) is 67.6 Å². The quantitative estimate of drug-likeness (QED) is 0.678. The minimum Gasteiger partial charge on any atom is -0.289 e. The van der Waals surface area contributed by atoms with Crippen molar-refractivity contribution in [3.8, 4) is 0 Å². The largest absolute Gasteiger partial charge is 0.289 e. The summed E-state index contributed by atoms with van der Waals surface area (Å²) in [7, 11) is 0. The third-order valence-electron chi connectivity index (χ3n) is 2.97. The monoisotopic (exact) mass is 366 g/mol. The molecule has 18 heavy (non-hydrogen) atoms. The summed E-state index contributed by atoms with van der Waals surface area (Å²) in [6.07, 6.45) is 0. The van der Waals surface area contributed by atoms with Gasteiger partial charge in [-0.3, -0.25) is 4.79 Å². The summed E-state index contributed by atoms with van der Waals surface area (Å²) in [4.78, 5) is 12.5. The first-order chi connectivity index (χ1) is 8.49. The van der Waals surface area contributed by atoms with Gasteiger partial charge in [-0.15, -0.1) is 0 Å². The summed E-state index contributed by atoms with van der Waals surface area (Å²) in [5.41, 5.74) is 3.62. The van der Waals surface area contributed by atoms with Gasteiger partial charge in [0, 0.05) is 20.1 Å². The third-order valence-corrected chi connectivity index (χ3v) is 3.89. The Hall–Kier alpha value is -0.930. The second-order valence-electron chi connectivity index (χ2n) is 4.23. The summed E-state index contributed by atoms with van der Waals surface area (Å²) in [5, 5.41) is 0. The molecule has 0 aliphatic carbocycles. The van der Waals surface area contributed by atoms with Crippen molar-refractivity contribution in [2.75, 3.05) is 0 Å². The third kappa shape index (κ3) is 2.73. The predicted molar refractivity (Wildman–Crippen MR) is 81.2 cm³/mol. The number of aryl methyl sites for hydroxylation is 1. The van der Waals surface area contributed by atoms with Gasteiger partial charge in [-0.05, 0) is 43.2 Å².